The summed E-state index contributed by atoms with van der Waals surface area (Å²) in [5.74, 6) is 0. The van der Waals surface area contributed by atoms with Crippen LogP contribution in [0.25, 0.3) is 0 Å². The normalized spacial score (nSPS) is 21.6. The molecule has 0 radical (unpaired) electrons. The third kappa shape index (κ3) is 1.89. The summed E-state index contributed by atoms with van der Waals surface area (Å²) in [6.07, 6.45) is 3.10. The molecular formula is C15H22O. The minimum atomic E-state index is -0.566. The molecule has 0 amide bonds. The van der Waals surface area contributed by atoms with E-state index in [1.165, 1.54) is 16.7 Å². The molecule has 1 N–H and O–H groups in total. The molecule has 88 valence electrons. The second kappa shape index (κ2) is 3.59. The predicted octanol–water partition coefficient (Wildman–Crippen LogP) is 3.40. The molecule has 0 heterocycles. The molecule has 1 aromatic carbocycles. The quantitative estimate of drug-likeness (QED) is 0.824. The van der Waals surface area contributed by atoms with Gasteiger partial charge in [-0.3, -0.25) is 0 Å². The summed E-state index contributed by atoms with van der Waals surface area (Å²) in [4.78, 5) is 0. The van der Waals surface area contributed by atoms with Crippen molar-refractivity contribution in [3.63, 3.8) is 0 Å². The van der Waals surface area contributed by atoms with E-state index in [0.29, 0.717) is 0 Å². The van der Waals surface area contributed by atoms with Gasteiger partial charge in [0.15, 0.2) is 0 Å². The largest absolute Gasteiger partial charge is 0.389 e. The molecule has 1 fully saturated rings. The van der Waals surface area contributed by atoms with Gasteiger partial charge in [0, 0.05) is 6.42 Å². The van der Waals surface area contributed by atoms with Crippen LogP contribution in [0.3, 0.4) is 0 Å². The van der Waals surface area contributed by atoms with Gasteiger partial charge in [0.25, 0.3) is 0 Å². The molecule has 1 aromatic rings. The van der Waals surface area contributed by atoms with Crippen molar-refractivity contribution in [1.29, 1.82) is 0 Å². The molecule has 0 spiro atoms. The Morgan fingerprint density at radius 1 is 1.25 bits per heavy atom. The highest BCUT2D eigenvalue weighted by molar-refractivity contribution is 5.35. The SMILES string of the molecule is Cc1cccc(C)c1CC(C)(O)C1(C)CC1. The van der Waals surface area contributed by atoms with Gasteiger partial charge in [0.05, 0.1) is 5.60 Å². The lowest BCUT2D eigenvalue weighted by Gasteiger charge is -2.31. The molecule has 16 heavy (non-hydrogen) atoms. The number of rotatable bonds is 3. The average Bonchev–Trinajstić information content (AvgIpc) is 2.92. The van der Waals surface area contributed by atoms with Crippen LogP contribution in [0.15, 0.2) is 18.2 Å². The van der Waals surface area contributed by atoms with Crippen molar-refractivity contribution >= 4 is 0 Å². The molecule has 0 aliphatic heterocycles. The van der Waals surface area contributed by atoms with Gasteiger partial charge in [-0.25, -0.2) is 0 Å². The maximum Gasteiger partial charge on any atom is 0.0713 e. The van der Waals surface area contributed by atoms with Gasteiger partial charge in [-0.1, -0.05) is 25.1 Å². The fraction of sp³-hybridized carbons (Fsp3) is 0.600. The first-order valence-corrected chi connectivity index (χ1v) is 6.13. The maximum absolute atomic E-state index is 10.6. The van der Waals surface area contributed by atoms with Crippen LogP contribution in [0.4, 0.5) is 0 Å². The summed E-state index contributed by atoms with van der Waals surface area (Å²) in [6, 6.07) is 6.35. The molecule has 1 heteroatoms. The Hall–Kier alpha value is -0.820. The first-order chi connectivity index (χ1) is 7.36. The van der Waals surface area contributed by atoms with Gasteiger partial charge in [-0.15, -0.1) is 0 Å². The summed E-state index contributed by atoms with van der Waals surface area (Å²) in [6.45, 7) is 8.45. The topological polar surface area (TPSA) is 20.2 Å². The van der Waals surface area contributed by atoms with Gasteiger partial charge in [-0.05, 0) is 55.7 Å². The van der Waals surface area contributed by atoms with E-state index in [-0.39, 0.29) is 5.41 Å². The lowest BCUT2D eigenvalue weighted by atomic mass is 9.80. The van der Waals surface area contributed by atoms with Crippen LogP contribution in [0.1, 0.15) is 43.4 Å². The molecular weight excluding hydrogens is 196 g/mol. The molecule has 1 saturated carbocycles. The van der Waals surface area contributed by atoms with Crippen LogP contribution in [0, 0.1) is 19.3 Å². The van der Waals surface area contributed by atoms with Crippen LogP contribution in [0.5, 0.6) is 0 Å². The Bertz CT molecular complexity index is 380. The second-order valence-corrected chi connectivity index (χ2v) is 5.88. The summed E-state index contributed by atoms with van der Waals surface area (Å²) >= 11 is 0. The third-order valence-corrected chi connectivity index (χ3v) is 4.47. The smallest absolute Gasteiger partial charge is 0.0713 e. The lowest BCUT2D eigenvalue weighted by Crippen LogP contribution is -2.37. The minimum absolute atomic E-state index is 0.141. The first-order valence-electron chi connectivity index (χ1n) is 6.13. The maximum atomic E-state index is 10.6. The minimum Gasteiger partial charge on any atom is -0.389 e. The van der Waals surface area contributed by atoms with Gasteiger partial charge in [0.1, 0.15) is 0 Å². The molecule has 2 rings (SSSR count). The van der Waals surface area contributed by atoms with Gasteiger partial charge in [0.2, 0.25) is 0 Å². The van der Waals surface area contributed by atoms with Crippen LogP contribution >= 0.6 is 0 Å². The van der Waals surface area contributed by atoms with Gasteiger partial charge >= 0.3 is 0 Å². The predicted molar refractivity (Wildman–Crippen MR) is 67.6 cm³/mol. The molecule has 1 atom stereocenters. The van der Waals surface area contributed by atoms with Crippen molar-refractivity contribution in [2.75, 3.05) is 0 Å². The van der Waals surface area contributed by atoms with Crippen molar-refractivity contribution in [2.45, 2.75) is 52.6 Å². The number of hydrogen-bond donors (Lipinski definition) is 1. The molecule has 0 bridgehead atoms. The summed E-state index contributed by atoms with van der Waals surface area (Å²) < 4.78 is 0. The van der Waals surface area contributed by atoms with Crippen LogP contribution in [0.2, 0.25) is 0 Å². The Morgan fingerprint density at radius 3 is 2.19 bits per heavy atom. The van der Waals surface area contributed by atoms with E-state index >= 15 is 0 Å². The van der Waals surface area contributed by atoms with E-state index < -0.39 is 5.60 Å². The van der Waals surface area contributed by atoms with Crippen LogP contribution < -0.4 is 0 Å². The Kier molecular flexibility index (Phi) is 2.62. The van der Waals surface area contributed by atoms with Gasteiger partial charge in [-0.2, -0.15) is 0 Å². The fourth-order valence-electron chi connectivity index (χ4n) is 2.41. The zero-order chi connectivity index (χ0) is 12.0. The average molecular weight is 218 g/mol. The molecule has 0 saturated heterocycles. The second-order valence-electron chi connectivity index (χ2n) is 5.88. The number of hydrogen-bond acceptors (Lipinski definition) is 1. The zero-order valence-corrected chi connectivity index (χ0v) is 10.8. The van der Waals surface area contributed by atoms with E-state index in [0.717, 1.165) is 19.3 Å². The highest BCUT2D eigenvalue weighted by Gasteiger charge is 2.52. The summed E-state index contributed by atoms with van der Waals surface area (Å²) in [5.41, 5.74) is 3.49. The first kappa shape index (κ1) is 11.7. The molecule has 0 aromatic heterocycles. The van der Waals surface area contributed by atoms with E-state index in [1.807, 2.05) is 6.92 Å². The van der Waals surface area contributed by atoms with E-state index in [9.17, 15) is 5.11 Å². The highest BCUT2D eigenvalue weighted by Crippen LogP contribution is 2.54. The van der Waals surface area contributed by atoms with E-state index in [4.69, 9.17) is 0 Å². The van der Waals surface area contributed by atoms with Crippen molar-refractivity contribution in [2.24, 2.45) is 5.41 Å². The summed E-state index contributed by atoms with van der Waals surface area (Å²) in [5, 5.41) is 10.6. The van der Waals surface area contributed by atoms with Gasteiger partial charge < -0.3 is 5.11 Å². The standard InChI is InChI=1S/C15H22O/c1-11-6-5-7-12(2)13(11)10-15(4,16)14(3)8-9-14/h5-7,16H,8-10H2,1-4H3. The summed E-state index contributed by atoms with van der Waals surface area (Å²) in [7, 11) is 0. The Morgan fingerprint density at radius 2 is 1.75 bits per heavy atom. The number of aliphatic hydroxyl groups is 1. The zero-order valence-electron chi connectivity index (χ0n) is 10.8. The molecule has 1 aliphatic rings. The molecule has 1 aliphatic carbocycles. The Balaban J connectivity index is 2.27. The third-order valence-electron chi connectivity index (χ3n) is 4.47. The van der Waals surface area contributed by atoms with Crippen molar-refractivity contribution in [1.82, 2.24) is 0 Å². The van der Waals surface area contributed by atoms with E-state index in [2.05, 4.69) is 39.0 Å². The van der Waals surface area contributed by atoms with Crippen molar-refractivity contribution < 1.29 is 5.11 Å². The fourth-order valence-corrected chi connectivity index (χ4v) is 2.41. The van der Waals surface area contributed by atoms with Crippen LogP contribution in [-0.4, -0.2) is 10.7 Å². The highest BCUT2D eigenvalue weighted by atomic mass is 16.3. The lowest BCUT2D eigenvalue weighted by molar-refractivity contribution is -0.00726. The molecule has 1 nitrogen and oxygen atoms in total. The Labute approximate surface area is 98.5 Å². The van der Waals surface area contributed by atoms with Crippen LogP contribution in [-0.2, 0) is 6.42 Å². The van der Waals surface area contributed by atoms with Crippen molar-refractivity contribution in [3.05, 3.63) is 34.9 Å². The molecule has 1 unspecified atom stereocenters. The monoisotopic (exact) mass is 218 g/mol. The van der Waals surface area contributed by atoms with E-state index in [1.54, 1.807) is 0 Å². The number of benzene rings is 1. The van der Waals surface area contributed by atoms with Crippen molar-refractivity contribution in [3.8, 4) is 0 Å². The number of aryl methyl sites for hydroxylation is 2.